The molecule has 5 rings (SSSR count). The summed E-state index contributed by atoms with van der Waals surface area (Å²) in [7, 11) is 0. The van der Waals surface area contributed by atoms with E-state index in [2.05, 4.69) is 36.1 Å². The number of likely N-dealkylation sites (tertiary alicyclic amines) is 1. The second kappa shape index (κ2) is 6.84. The number of hydrogen-bond donors (Lipinski definition) is 1. The van der Waals surface area contributed by atoms with Crippen LogP contribution >= 0.6 is 0 Å². The monoisotopic (exact) mass is 366 g/mol. The molecule has 3 unspecified atom stereocenters. The van der Waals surface area contributed by atoms with Crippen LogP contribution in [0, 0.1) is 18.8 Å². The summed E-state index contributed by atoms with van der Waals surface area (Å²) in [6.45, 7) is 8.79. The first-order chi connectivity index (χ1) is 13.1. The van der Waals surface area contributed by atoms with Gasteiger partial charge in [-0.3, -0.25) is 4.79 Å². The van der Waals surface area contributed by atoms with Gasteiger partial charge in [-0.1, -0.05) is 12.1 Å². The van der Waals surface area contributed by atoms with Crippen LogP contribution in [0.2, 0.25) is 12.6 Å². The summed E-state index contributed by atoms with van der Waals surface area (Å²) in [6, 6.07) is 4.63. The second-order valence-corrected chi connectivity index (χ2v) is 9.38. The van der Waals surface area contributed by atoms with Crippen molar-refractivity contribution in [1.82, 2.24) is 10.2 Å². The van der Waals surface area contributed by atoms with E-state index in [4.69, 9.17) is 4.65 Å². The highest BCUT2D eigenvalue weighted by atomic mass is 16.4. The molecule has 4 aliphatic rings. The van der Waals surface area contributed by atoms with Gasteiger partial charge in [0.05, 0.1) is 0 Å². The zero-order valence-corrected chi connectivity index (χ0v) is 16.7. The summed E-state index contributed by atoms with van der Waals surface area (Å²) in [5, 5.41) is 3.41. The minimum atomic E-state index is 0.360. The SMILES string of the molecule is CB1Oc2c(ccc(CC3CN(C(=O)CC4CCCNC4)C3)c2C)C2CC12. The molecule has 3 aliphatic heterocycles. The number of nitrogens with zero attached hydrogens (tertiary/aromatic N) is 1. The fourth-order valence-electron chi connectivity index (χ4n) is 5.48. The summed E-state index contributed by atoms with van der Waals surface area (Å²) >= 11 is 0. The Balaban J connectivity index is 1.17. The molecule has 1 saturated carbocycles. The van der Waals surface area contributed by atoms with E-state index in [0.29, 0.717) is 24.7 Å². The summed E-state index contributed by atoms with van der Waals surface area (Å²) in [5.74, 6) is 4.15. The third-order valence-corrected chi connectivity index (χ3v) is 7.38. The van der Waals surface area contributed by atoms with Gasteiger partial charge in [0.2, 0.25) is 5.91 Å². The fourth-order valence-corrected chi connectivity index (χ4v) is 5.48. The number of nitrogens with one attached hydrogen (secondary N) is 1. The molecule has 3 heterocycles. The summed E-state index contributed by atoms with van der Waals surface area (Å²) < 4.78 is 6.26. The Morgan fingerprint density at radius 2 is 2.19 bits per heavy atom. The smallest absolute Gasteiger partial charge is 0.358 e. The highest BCUT2D eigenvalue weighted by Crippen LogP contribution is 2.60. The van der Waals surface area contributed by atoms with Gasteiger partial charge in [-0.25, -0.2) is 0 Å². The van der Waals surface area contributed by atoms with Crippen molar-refractivity contribution < 1.29 is 9.45 Å². The fraction of sp³-hybridized carbons (Fsp3) is 0.682. The van der Waals surface area contributed by atoms with Crippen molar-refractivity contribution in [2.45, 2.75) is 57.6 Å². The zero-order valence-electron chi connectivity index (χ0n) is 16.7. The Morgan fingerprint density at radius 3 is 2.96 bits per heavy atom. The van der Waals surface area contributed by atoms with Crippen molar-refractivity contribution in [1.29, 1.82) is 0 Å². The maximum absolute atomic E-state index is 12.5. The number of carbonyl (C=O) groups is 1. The maximum atomic E-state index is 12.5. The van der Waals surface area contributed by atoms with Gasteiger partial charge >= 0.3 is 6.92 Å². The standard InChI is InChI=1S/C22H31BN2O2/c1-14-17(5-6-18-19-10-20(19)23(2)27-22(14)18)8-16-12-25(13-16)21(26)9-15-4-3-7-24-11-15/h5-6,15-16,19-20,24H,3-4,7-13H2,1-2H3. The number of fused-ring (bicyclic) bond motifs is 3. The Kier molecular flexibility index (Phi) is 4.46. The van der Waals surface area contributed by atoms with Gasteiger partial charge in [-0.2, -0.15) is 0 Å². The first kappa shape index (κ1) is 17.6. The number of amides is 1. The lowest BCUT2D eigenvalue weighted by Gasteiger charge is -2.40. The third-order valence-electron chi connectivity index (χ3n) is 7.38. The molecule has 1 amide bonds. The first-order valence-electron chi connectivity index (χ1n) is 10.9. The number of benzene rings is 1. The molecular weight excluding hydrogens is 335 g/mol. The van der Waals surface area contributed by atoms with E-state index in [-0.39, 0.29) is 0 Å². The van der Waals surface area contributed by atoms with Crippen molar-refractivity contribution in [3.63, 3.8) is 0 Å². The largest absolute Gasteiger partial charge is 0.560 e. The third kappa shape index (κ3) is 3.28. The quantitative estimate of drug-likeness (QED) is 0.832. The van der Waals surface area contributed by atoms with Crippen LogP contribution in [-0.2, 0) is 11.2 Å². The van der Waals surface area contributed by atoms with E-state index in [1.807, 2.05) is 0 Å². The van der Waals surface area contributed by atoms with E-state index in [0.717, 1.165) is 56.5 Å². The lowest BCUT2D eigenvalue weighted by molar-refractivity contribution is -0.138. The van der Waals surface area contributed by atoms with E-state index < -0.39 is 0 Å². The molecular formula is C22H31BN2O2. The van der Waals surface area contributed by atoms with Crippen LogP contribution in [0.5, 0.6) is 5.75 Å². The predicted molar refractivity (Wildman–Crippen MR) is 109 cm³/mol. The van der Waals surface area contributed by atoms with Crippen LogP contribution in [-0.4, -0.2) is 43.9 Å². The average Bonchev–Trinajstić information content (AvgIpc) is 3.42. The molecule has 0 aromatic heterocycles. The van der Waals surface area contributed by atoms with Crippen LogP contribution in [0.4, 0.5) is 0 Å². The minimum absolute atomic E-state index is 0.360. The molecule has 0 bridgehead atoms. The molecule has 3 atom stereocenters. The van der Waals surface area contributed by atoms with E-state index in [1.165, 1.54) is 36.0 Å². The number of piperidine rings is 1. The van der Waals surface area contributed by atoms with E-state index in [1.54, 1.807) is 0 Å². The lowest BCUT2D eigenvalue weighted by atomic mass is 9.62. The van der Waals surface area contributed by atoms with E-state index in [9.17, 15) is 4.79 Å². The Hall–Kier alpha value is -1.49. The molecule has 0 spiro atoms. The number of hydrogen-bond acceptors (Lipinski definition) is 3. The van der Waals surface area contributed by atoms with Gasteiger partial charge in [0.15, 0.2) is 0 Å². The summed E-state index contributed by atoms with van der Waals surface area (Å²) in [4.78, 5) is 14.6. The zero-order chi connectivity index (χ0) is 18.5. The summed E-state index contributed by atoms with van der Waals surface area (Å²) in [5.41, 5.74) is 4.18. The molecule has 4 nitrogen and oxygen atoms in total. The maximum Gasteiger partial charge on any atom is 0.358 e. The molecule has 1 aromatic carbocycles. The highest BCUT2D eigenvalue weighted by molar-refractivity contribution is 6.55. The minimum Gasteiger partial charge on any atom is -0.560 e. The predicted octanol–water partition coefficient (Wildman–Crippen LogP) is 3.26. The molecule has 2 saturated heterocycles. The number of rotatable bonds is 4. The van der Waals surface area contributed by atoms with Crippen molar-refractivity contribution in [3.8, 4) is 5.75 Å². The Labute approximate surface area is 163 Å². The molecule has 1 N–H and O–H groups in total. The number of carbonyl (C=O) groups excluding carboxylic acids is 1. The Morgan fingerprint density at radius 1 is 1.33 bits per heavy atom. The molecule has 144 valence electrons. The Bertz CT molecular complexity index is 740. The first-order valence-corrected chi connectivity index (χ1v) is 10.9. The normalized spacial score (nSPS) is 29.5. The molecule has 1 aromatic rings. The molecule has 0 radical (unpaired) electrons. The molecule has 3 fully saturated rings. The van der Waals surface area contributed by atoms with Crippen LogP contribution < -0.4 is 9.97 Å². The van der Waals surface area contributed by atoms with Crippen LogP contribution in [0.15, 0.2) is 12.1 Å². The molecule has 27 heavy (non-hydrogen) atoms. The van der Waals surface area contributed by atoms with Crippen molar-refractivity contribution in [2.24, 2.45) is 11.8 Å². The van der Waals surface area contributed by atoms with Crippen molar-refractivity contribution in [3.05, 3.63) is 28.8 Å². The molecule has 1 aliphatic carbocycles. The van der Waals surface area contributed by atoms with Gasteiger partial charge in [-0.15, -0.1) is 0 Å². The lowest BCUT2D eigenvalue weighted by Crippen LogP contribution is -2.51. The van der Waals surface area contributed by atoms with Gasteiger partial charge in [0.25, 0.3) is 0 Å². The van der Waals surface area contributed by atoms with Crippen LogP contribution in [0.25, 0.3) is 0 Å². The van der Waals surface area contributed by atoms with Gasteiger partial charge in [-0.05, 0) is 92.8 Å². The van der Waals surface area contributed by atoms with Gasteiger partial charge in [0, 0.05) is 19.5 Å². The average molecular weight is 366 g/mol. The van der Waals surface area contributed by atoms with Crippen LogP contribution in [0.3, 0.4) is 0 Å². The van der Waals surface area contributed by atoms with Crippen molar-refractivity contribution in [2.75, 3.05) is 26.2 Å². The molecule has 5 heteroatoms. The topological polar surface area (TPSA) is 41.6 Å². The van der Waals surface area contributed by atoms with Crippen LogP contribution in [0.1, 0.15) is 48.3 Å². The van der Waals surface area contributed by atoms with E-state index >= 15 is 0 Å². The van der Waals surface area contributed by atoms with Gasteiger partial charge in [0.1, 0.15) is 5.75 Å². The highest BCUT2D eigenvalue weighted by Gasteiger charge is 2.51. The summed E-state index contributed by atoms with van der Waals surface area (Å²) in [6.07, 6.45) is 5.50. The second-order valence-electron chi connectivity index (χ2n) is 9.38. The van der Waals surface area contributed by atoms with Crippen molar-refractivity contribution >= 4 is 12.8 Å². The van der Waals surface area contributed by atoms with Gasteiger partial charge < -0.3 is 14.9 Å².